The highest BCUT2D eigenvalue weighted by molar-refractivity contribution is 5.59. The van der Waals surface area contributed by atoms with E-state index in [1.165, 1.54) is 34.1 Å². The van der Waals surface area contributed by atoms with E-state index in [-0.39, 0.29) is 5.78 Å². The van der Waals surface area contributed by atoms with Crippen molar-refractivity contribution in [1.82, 2.24) is 34.1 Å². The summed E-state index contributed by atoms with van der Waals surface area (Å²) in [4.78, 5) is 15.8. The number of rotatable bonds is 2. The second-order valence-corrected chi connectivity index (χ2v) is 4.85. The molecular weight excluding hydrogens is 323 g/mol. The molecular formula is C14H8F3N7. The molecule has 0 saturated carbocycles. The number of fused-ring (bicyclic) bond motifs is 1. The summed E-state index contributed by atoms with van der Waals surface area (Å²) < 4.78 is 41.1. The number of imidazole rings is 1. The van der Waals surface area contributed by atoms with Crippen LogP contribution in [-0.2, 0) is 6.18 Å². The summed E-state index contributed by atoms with van der Waals surface area (Å²) in [5.41, 5.74) is 0.0572. The van der Waals surface area contributed by atoms with Crippen LogP contribution in [0.5, 0.6) is 0 Å². The molecule has 0 aliphatic heterocycles. The third-order valence-corrected chi connectivity index (χ3v) is 3.32. The minimum atomic E-state index is -4.51. The van der Waals surface area contributed by atoms with Crippen molar-refractivity contribution in [2.75, 3.05) is 0 Å². The van der Waals surface area contributed by atoms with E-state index in [0.717, 1.165) is 6.07 Å². The van der Waals surface area contributed by atoms with E-state index >= 15 is 0 Å². The average Bonchev–Trinajstić information content (AvgIpc) is 3.23. The van der Waals surface area contributed by atoms with Gasteiger partial charge in [-0.25, -0.2) is 24.6 Å². The van der Waals surface area contributed by atoms with Gasteiger partial charge in [0.05, 0.1) is 17.6 Å². The average molecular weight is 331 g/mol. The molecule has 0 N–H and O–H groups in total. The topological polar surface area (TPSA) is 73.8 Å². The van der Waals surface area contributed by atoms with Crippen LogP contribution in [0.25, 0.3) is 23.0 Å². The Morgan fingerprint density at radius 2 is 1.92 bits per heavy atom. The Morgan fingerprint density at radius 3 is 2.67 bits per heavy atom. The number of nitrogens with zero attached hydrogens (tertiary/aromatic N) is 7. The molecule has 24 heavy (non-hydrogen) atoms. The van der Waals surface area contributed by atoms with Gasteiger partial charge in [-0.3, -0.25) is 4.40 Å². The Bertz CT molecular complexity index is 1000. The molecule has 0 atom stereocenters. The van der Waals surface area contributed by atoms with Gasteiger partial charge in [-0.15, -0.1) is 0 Å². The van der Waals surface area contributed by atoms with Crippen LogP contribution >= 0.6 is 0 Å². The van der Waals surface area contributed by atoms with E-state index in [1.807, 2.05) is 0 Å². The van der Waals surface area contributed by atoms with E-state index in [1.54, 1.807) is 18.2 Å². The van der Waals surface area contributed by atoms with Gasteiger partial charge in [0.15, 0.2) is 5.82 Å². The minimum absolute atomic E-state index is 0.0483. The van der Waals surface area contributed by atoms with Gasteiger partial charge in [-0.2, -0.15) is 18.3 Å². The van der Waals surface area contributed by atoms with Crippen LogP contribution in [0.1, 0.15) is 5.69 Å². The van der Waals surface area contributed by atoms with Gasteiger partial charge in [0, 0.05) is 6.20 Å². The fraction of sp³-hybridized carbons (Fsp3) is 0.0714. The standard InChI is InChI=1S/C14H8F3N7/c15-14(16,17)11-4-5-23-10(6-19-13(23)22-11)9-2-1-3-12(21-9)24-8-18-7-20-24/h1-8H. The third kappa shape index (κ3) is 2.37. The lowest BCUT2D eigenvalue weighted by atomic mass is 10.3. The van der Waals surface area contributed by atoms with Crippen LogP contribution in [0.4, 0.5) is 13.2 Å². The normalized spacial score (nSPS) is 12.0. The summed E-state index contributed by atoms with van der Waals surface area (Å²) in [7, 11) is 0. The molecule has 0 spiro atoms. The summed E-state index contributed by atoms with van der Waals surface area (Å²) >= 11 is 0. The van der Waals surface area contributed by atoms with Gasteiger partial charge in [-0.1, -0.05) is 6.07 Å². The van der Waals surface area contributed by atoms with Crippen molar-refractivity contribution < 1.29 is 13.2 Å². The Labute approximate surface area is 132 Å². The Kier molecular flexibility index (Phi) is 3.05. The van der Waals surface area contributed by atoms with Gasteiger partial charge < -0.3 is 0 Å². The zero-order valence-corrected chi connectivity index (χ0v) is 11.9. The fourth-order valence-electron chi connectivity index (χ4n) is 2.24. The molecule has 0 bridgehead atoms. The summed E-state index contributed by atoms with van der Waals surface area (Å²) in [6, 6.07) is 6.12. The summed E-state index contributed by atoms with van der Waals surface area (Å²) in [5, 5.41) is 3.99. The van der Waals surface area contributed by atoms with Crippen molar-refractivity contribution in [2.24, 2.45) is 0 Å². The zero-order valence-electron chi connectivity index (χ0n) is 11.9. The van der Waals surface area contributed by atoms with E-state index in [0.29, 0.717) is 17.2 Å². The van der Waals surface area contributed by atoms with Gasteiger partial charge >= 0.3 is 6.18 Å². The number of hydrogen-bond acceptors (Lipinski definition) is 5. The second-order valence-electron chi connectivity index (χ2n) is 4.85. The molecule has 4 rings (SSSR count). The molecule has 120 valence electrons. The number of pyridine rings is 1. The van der Waals surface area contributed by atoms with Crippen LogP contribution < -0.4 is 0 Å². The minimum Gasteiger partial charge on any atom is -0.282 e. The van der Waals surface area contributed by atoms with E-state index < -0.39 is 11.9 Å². The van der Waals surface area contributed by atoms with Crippen LogP contribution in [0.2, 0.25) is 0 Å². The maximum absolute atomic E-state index is 12.7. The van der Waals surface area contributed by atoms with E-state index in [9.17, 15) is 13.2 Å². The van der Waals surface area contributed by atoms with Crippen LogP contribution in [0.15, 0.2) is 49.3 Å². The largest absolute Gasteiger partial charge is 0.433 e. The first kappa shape index (κ1) is 14.3. The molecule has 0 aliphatic carbocycles. The maximum Gasteiger partial charge on any atom is 0.433 e. The summed E-state index contributed by atoms with van der Waals surface area (Å²) in [5.74, 6) is 0.479. The highest BCUT2D eigenvalue weighted by Gasteiger charge is 2.33. The lowest BCUT2D eigenvalue weighted by molar-refractivity contribution is -0.141. The number of halogens is 3. The van der Waals surface area contributed by atoms with Gasteiger partial charge in [0.2, 0.25) is 5.78 Å². The highest BCUT2D eigenvalue weighted by Crippen LogP contribution is 2.28. The highest BCUT2D eigenvalue weighted by atomic mass is 19.4. The molecule has 10 heteroatoms. The first-order valence-electron chi connectivity index (χ1n) is 6.76. The van der Waals surface area contributed by atoms with Crippen LogP contribution in [0.3, 0.4) is 0 Å². The molecule has 0 radical (unpaired) electrons. The maximum atomic E-state index is 12.7. The van der Waals surface area contributed by atoms with E-state index in [4.69, 9.17) is 0 Å². The van der Waals surface area contributed by atoms with Crippen molar-refractivity contribution in [3.05, 3.63) is 55.0 Å². The van der Waals surface area contributed by atoms with Crippen molar-refractivity contribution in [2.45, 2.75) is 6.18 Å². The lowest BCUT2D eigenvalue weighted by Crippen LogP contribution is -2.09. The predicted octanol–water partition coefficient (Wildman–Crippen LogP) is 2.39. The van der Waals surface area contributed by atoms with Crippen molar-refractivity contribution in [3.8, 4) is 17.2 Å². The van der Waals surface area contributed by atoms with Gasteiger partial charge in [0.25, 0.3) is 0 Å². The monoisotopic (exact) mass is 331 g/mol. The lowest BCUT2D eigenvalue weighted by Gasteiger charge is -2.07. The van der Waals surface area contributed by atoms with Crippen molar-refractivity contribution in [1.29, 1.82) is 0 Å². The Morgan fingerprint density at radius 1 is 1.04 bits per heavy atom. The number of aromatic nitrogens is 7. The molecule has 0 saturated heterocycles. The summed E-state index contributed by atoms with van der Waals surface area (Å²) in [6.45, 7) is 0. The Balaban J connectivity index is 1.81. The molecule has 4 heterocycles. The molecule has 7 nitrogen and oxygen atoms in total. The molecule has 0 aliphatic rings. The number of alkyl halides is 3. The summed E-state index contributed by atoms with van der Waals surface area (Å²) in [6.07, 6.45) is 1.06. The number of hydrogen-bond donors (Lipinski definition) is 0. The molecule has 0 amide bonds. The van der Waals surface area contributed by atoms with Crippen LogP contribution in [0, 0.1) is 0 Å². The smallest absolute Gasteiger partial charge is 0.282 e. The second kappa shape index (κ2) is 5.11. The van der Waals surface area contributed by atoms with Gasteiger partial charge in [-0.05, 0) is 18.2 Å². The fourth-order valence-corrected chi connectivity index (χ4v) is 2.24. The quantitative estimate of drug-likeness (QED) is 0.564. The molecule has 0 aromatic carbocycles. The van der Waals surface area contributed by atoms with Crippen LogP contribution in [-0.4, -0.2) is 34.1 Å². The van der Waals surface area contributed by atoms with E-state index in [2.05, 4.69) is 25.0 Å². The third-order valence-electron chi connectivity index (χ3n) is 3.32. The predicted molar refractivity (Wildman–Crippen MR) is 76.1 cm³/mol. The van der Waals surface area contributed by atoms with Gasteiger partial charge in [0.1, 0.15) is 18.3 Å². The molecule has 4 aromatic heterocycles. The SMILES string of the molecule is FC(F)(F)c1ccn2c(-c3cccc(-n4cncn4)n3)cnc2n1. The molecule has 0 unspecified atom stereocenters. The molecule has 4 aromatic rings. The zero-order chi connectivity index (χ0) is 16.7. The van der Waals surface area contributed by atoms with Crippen molar-refractivity contribution in [3.63, 3.8) is 0 Å². The Hall–Kier alpha value is -3.30. The van der Waals surface area contributed by atoms with Crippen molar-refractivity contribution >= 4 is 5.78 Å². The first-order valence-corrected chi connectivity index (χ1v) is 6.76. The molecule has 0 fully saturated rings. The first-order chi connectivity index (χ1) is 11.5.